The fourth-order valence-corrected chi connectivity index (χ4v) is 1.26. The number of rotatable bonds is 4. The van der Waals surface area contributed by atoms with E-state index < -0.39 is 5.97 Å². The Bertz CT molecular complexity index is 495. The van der Waals surface area contributed by atoms with Gasteiger partial charge in [-0.25, -0.2) is 9.78 Å². The molecule has 0 saturated carbocycles. The van der Waals surface area contributed by atoms with Gasteiger partial charge in [-0.05, 0) is 17.2 Å². The molecule has 7 heteroatoms. The highest BCUT2D eigenvalue weighted by molar-refractivity contribution is 6.32. The zero-order valence-corrected chi connectivity index (χ0v) is 9.76. The van der Waals surface area contributed by atoms with Crippen LogP contribution >= 0.6 is 11.6 Å². The number of carbonyl (C=O) groups excluding carboxylic acids is 1. The predicted molar refractivity (Wildman–Crippen MR) is 63.6 cm³/mol. The minimum atomic E-state index is -0.548. The fraction of sp³-hybridized carbons (Fsp3) is 0.200. The van der Waals surface area contributed by atoms with Crippen LogP contribution in [0.5, 0.6) is 0 Å². The molecule has 1 aromatic heterocycles. The van der Waals surface area contributed by atoms with Crippen LogP contribution in [0.2, 0.25) is 5.15 Å². The van der Waals surface area contributed by atoms with Crippen molar-refractivity contribution in [3.8, 4) is 0 Å². The molecule has 0 fully saturated rings. The Labute approximate surface area is 102 Å². The maximum atomic E-state index is 11.3. The van der Waals surface area contributed by atoms with Gasteiger partial charge in [-0.15, -0.1) is 0 Å². The zero-order valence-electron chi connectivity index (χ0n) is 9.00. The summed E-state index contributed by atoms with van der Waals surface area (Å²) in [5.41, 5.74) is 8.95. The summed E-state index contributed by atoms with van der Waals surface area (Å²) in [5, 5.41) is 3.42. The summed E-state index contributed by atoms with van der Waals surface area (Å²) >= 11 is 5.75. The number of carbonyl (C=O) groups is 1. The van der Waals surface area contributed by atoms with Gasteiger partial charge in [0.05, 0.1) is 12.7 Å². The molecular weight excluding hydrogens is 244 g/mol. The number of pyridine rings is 1. The van der Waals surface area contributed by atoms with Gasteiger partial charge in [0, 0.05) is 17.7 Å². The van der Waals surface area contributed by atoms with E-state index in [4.69, 9.17) is 17.1 Å². The van der Waals surface area contributed by atoms with Gasteiger partial charge in [0.2, 0.25) is 0 Å². The van der Waals surface area contributed by atoms with Gasteiger partial charge in [-0.3, -0.25) is 0 Å². The number of hydrogen-bond acceptors (Lipinski definition) is 4. The summed E-state index contributed by atoms with van der Waals surface area (Å²) in [5.74, 6) is -0.548. The number of methoxy groups -OCH3 is 1. The highest BCUT2D eigenvalue weighted by Gasteiger charge is 2.11. The van der Waals surface area contributed by atoms with Crippen molar-refractivity contribution in [3.05, 3.63) is 45.1 Å². The largest absolute Gasteiger partial charge is 0.465 e. The van der Waals surface area contributed by atoms with Crippen LogP contribution in [0, 0.1) is 0 Å². The molecule has 0 unspecified atom stereocenters. The van der Waals surface area contributed by atoms with Crippen LogP contribution in [0.25, 0.3) is 16.5 Å². The Morgan fingerprint density at radius 3 is 3.18 bits per heavy atom. The average molecular weight is 253 g/mol. The summed E-state index contributed by atoms with van der Waals surface area (Å²) < 4.78 is 4.56. The lowest BCUT2D eigenvalue weighted by Crippen LogP contribution is -2.03. The van der Waals surface area contributed by atoms with Crippen molar-refractivity contribution < 1.29 is 9.53 Å². The van der Waals surface area contributed by atoms with Crippen LogP contribution < -0.4 is 0 Å². The minimum absolute atomic E-state index is 0.0871. The second kappa shape index (κ2) is 6.52. The first kappa shape index (κ1) is 13.0. The van der Waals surface area contributed by atoms with Crippen molar-refractivity contribution in [1.29, 1.82) is 0 Å². The SMILES string of the molecule is COC(=O)c1cc(C=CCN=[N+]=[N-])cnc1Cl. The van der Waals surface area contributed by atoms with Crippen molar-refractivity contribution in [2.24, 2.45) is 5.11 Å². The van der Waals surface area contributed by atoms with Gasteiger partial charge >= 0.3 is 5.97 Å². The minimum Gasteiger partial charge on any atom is -0.465 e. The van der Waals surface area contributed by atoms with Gasteiger partial charge < -0.3 is 4.74 Å². The van der Waals surface area contributed by atoms with Gasteiger partial charge in [0.1, 0.15) is 5.15 Å². The first-order chi connectivity index (χ1) is 8.19. The number of hydrogen-bond donors (Lipinski definition) is 0. The van der Waals surface area contributed by atoms with Gasteiger partial charge in [-0.2, -0.15) is 0 Å². The zero-order chi connectivity index (χ0) is 12.7. The van der Waals surface area contributed by atoms with Crippen LogP contribution in [-0.4, -0.2) is 24.6 Å². The number of esters is 1. The quantitative estimate of drug-likeness (QED) is 0.271. The molecule has 6 nitrogen and oxygen atoms in total. The molecule has 0 radical (unpaired) electrons. The van der Waals surface area contributed by atoms with Crippen molar-refractivity contribution in [1.82, 2.24) is 4.98 Å². The number of azide groups is 1. The first-order valence-electron chi connectivity index (χ1n) is 4.60. The Balaban J connectivity index is 2.92. The summed E-state index contributed by atoms with van der Waals surface area (Å²) in [6.07, 6.45) is 4.82. The Morgan fingerprint density at radius 2 is 2.53 bits per heavy atom. The van der Waals surface area contributed by atoms with Crippen LogP contribution in [0.15, 0.2) is 23.5 Å². The van der Waals surface area contributed by atoms with E-state index in [-0.39, 0.29) is 17.3 Å². The molecule has 0 amide bonds. The predicted octanol–water partition coefficient (Wildman–Crippen LogP) is 2.85. The van der Waals surface area contributed by atoms with Gasteiger partial charge in [0.25, 0.3) is 0 Å². The van der Waals surface area contributed by atoms with E-state index in [9.17, 15) is 4.79 Å². The molecular formula is C10H9ClN4O2. The molecule has 1 aromatic rings. The monoisotopic (exact) mass is 252 g/mol. The molecule has 0 aliphatic carbocycles. The molecule has 0 atom stereocenters. The molecule has 0 aromatic carbocycles. The van der Waals surface area contributed by atoms with Crippen LogP contribution in [-0.2, 0) is 4.74 Å². The molecule has 0 N–H and O–H groups in total. The van der Waals surface area contributed by atoms with Gasteiger partial charge in [-0.1, -0.05) is 28.9 Å². The van der Waals surface area contributed by atoms with Crippen LogP contribution in [0.4, 0.5) is 0 Å². The lowest BCUT2D eigenvalue weighted by atomic mass is 10.2. The molecule has 1 heterocycles. The summed E-state index contributed by atoms with van der Waals surface area (Å²) in [6, 6.07) is 1.55. The second-order valence-corrected chi connectivity index (χ2v) is 3.27. The molecule has 0 aliphatic heterocycles. The van der Waals surface area contributed by atoms with E-state index in [1.54, 1.807) is 18.2 Å². The topological polar surface area (TPSA) is 88.0 Å². The highest BCUT2D eigenvalue weighted by Crippen LogP contribution is 2.16. The van der Waals surface area contributed by atoms with E-state index in [1.807, 2.05) is 0 Å². The fourth-order valence-electron chi connectivity index (χ4n) is 1.08. The third-order valence-electron chi connectivity index (χ3n) is 1.83. The third-order valence-corrected chi connectivity index (χ3v) is 2.13. The van der Waals surface area contributed by atoms with Crippen molar-refractivity contribution in [3.63, 3.8) is 0 Å². The van der Waals surface area contributed by atoms with E-state index in [1.165, 1.54) is 13.3 Å². The lowest BCUT2D eigenvalue weighted by Gasteiger charge is -2.02. The Morgan fingerprint density at radius 1 is 1.76 bits per heavy atom. The Kier molecular flexibility index (Phi) is 5.00. The van der Waals surface area contributed by atoms with E-state index in [0.717, 1.165) is 0 Å². The molecule has 0 bridgehead atoms. The smallest absolute Gasteiger partial charge is 0.341 e. The van der Waals surface area contributed by atoms with Crippen LogP contribution in [0.1, 0.15) is 15.9 Å². The standard InChI is InChI=1S/C10H9ClN4O2/c1-17-10(16)8-5-7(6-13-9(8)11)3-2-4-14-15-12/h2-3,5-6H,4H2,1H3. The normalized spacial score (nSPS) is 10.0. The average Bonchev–Trinajstić information content (AvgIpc) is 2.35. The molecule has 1 rings (SSSR count). The number of nitrogens with zero attached hydrogens (tertiary/aromatic N) is 4. The maximum absolute atomic E-state index is 11.3. The molecule has 88 valence electrons. The summed E-state index contributed by atoms with van der Waals surface area (Å²) in [7, 11) is 1.27. The lowest BCUT2D eigenvalue weighted by molar-refractivity contribution is 0.0600. The van der Waals surface area contributed by atoms with Gasteiger partial charge in [0.15, 0.2) is 0 Å². The molecule has 0 aliphatic rings. The maximum Gasteiger partial charge on any atom is 0.341 e. The van der Waals surface area contributed by atoms with E-state index >= 15 is 0 Å². The van der Waals surface area contributed by atoms with Crippen molar-refractivity contribution in [2.45, 2.75) is 0 Å². The number of aromatic nitrogens is 1. The number of halogens is 1. The van der Waals surface area contributed by atoms with Crippen molar-refractivity contribution >= 4 is 23.6 Å². The van der Waals surface area contributed by atoms with Crippen molar-refractivity contribution in [2.75, 3.05) is 13.7 Å². The first-order valence-corrected chi connectivity index (χ1v) is 4.98. The van der Waals surface area contributed by atoms with Crippen LogP contribution in [0.3, 0.4) is 0 Å². The van der Waals surface area contributed by atoms with E-state index in [0.29, 0.717) is 5.56 Å². The second-order valence-electron chi connectivity index (χ2n) is 2.91. The third kappa shape index (κ3) is 3.79. The summed E-state index contributed by atoms with van der Waals surface area (Å²) in [4.78, 5) is 17.8. The Hall–Kier alpha value is -2.04. The molecule has 0 spiro atoms. The molecule has 0 saturated heterocycles. The summed E-state index contributed by atoms with van der Waals surface area (Å²) in [6.45, 7) is 0.229. The highest BCUT2D eigenvalue weighted by atomic mass is 35.5. The number of ether oxygens (including phenoxy) is 1. The van der Waals surface area contributed by atoms with E-state index in [2.05, 4.69) is 19.7 Å². The molecule has 17 heavy (non-hydrogen) atoms.